The van der Waals surface area contributed by atoms with Crippen LogP contribution < -0.4 is 5.32 Å². The standard InChI is InChI=1S/C14H25N3O/c1-11-4-6-14(10-18,7-5-11)15-9-13-8-12(2)16-17(13)3/h8,11,15,18H,4-7,9-10H2,1-3H3. The van der Waals surface area contributed by atoms with E-state index in [2.05, 4.69) is 23.4 Å². The molecule has 4 nitrogen and oxygen atoms in total. The Hall–Kier alpha value is -0.870. The normalized spacial score (nSPS) is 28.6. The van der Waals surface area contributed by atoms with E-state index in [0.717, 1.165) is 31.0 Å². The average Bonchev–Trinajstić information content (AvgIpc) is 2.68. The molecule has 0 saturated heterocycles. The van der Waals surface area contributed by atoms with E-state index in [1.54, 1.807) is 0 Å². The molecule has 2 rings (SSSR count). The second kappa shape index (κ2) is 5.41. The molecule has 0 radical (unpaired) electrons. The van der Waals surface area contributed by atoms with Crippen molar-refractivity contribution in [1.82, 2.24) is 15.1 Å². The average molecular weight is 251 g/mol. The lowest BCUT2D eigenvalue weighted by Gasteiger charge is -2.39. The van der Waals surface area contributed by atoms with Gasteiger partial charge in [-0.25, -0.2) is 0 Å². The highest BCUT2D eigenvalue weighted by molar-refractivity contribution is 5.09. The smallest absolute Gasteiger partial charge is 0.0613 e. The molecule has 1 heterocycles. The van der Waals surface area contributed by atoms with Crippen LogP contribution in [0.5, 0.6) is 0 Å². The van der Waals surface area contributed by atoms with Gasteiger partial charge < -0.3 is 10.4 Å². The largest absolute Gasteiger partial charge is 0.394 e. The molecule has 102 valence electrons. The van der Waals surface area contributed by atoms with Gasteiger partial charge in [0.05, 0.1) is 18.0 Å². The summed E-state index contributed by atoms with van der Waals surface area (Å²) in [7, 11) is 1.97. The fraction of sp³-hybridized carbons (Fsp3) is 0.786. The molecule has 0 bridgehead atoms. The fourth-order valence-corrected chi connectivity index (χ4v) is 2.81. The molecule has 0 atom stereocenters. The molecule has 2 N–H and O–H groups in total. The summed E-state index contributed by atoms with van der Waals surface area (Å²) in [5.74, 6) is 0.797. The molecule has 0 aromatic carbocycles. The van der Waals surface area contributed by atoms with Crippen molar-refractivity contribution in [1.29, 1.82) is 0 Å². The maximum Gasteiger partial charge on any atom is 0.0613 e. The molecular weight excluding hydrogens is 226 g/mol. The van der Waals surface area contributed by atoms with Gasteiger partial charge in [-0.3, -0.25) is 4.68 Å². The molecule has 1 aromatic rings. The minimum absolute atomic E-state index is 0.0787. The van der Waals surface area contributed by atoms with Gasteiger partial charge in [-0.15, -0.1) is 0 Å². The maximum atomic E-state index is 9.70. The van der Waals surface area contributed by atoms with E-state index < -0.39 is 0 Å². The summed E-state index contributed by atoms with van der Waals surface area (Å²) in [6.07, 6.45) is 4.55. The van der Waals surface area contributed by atoms with Gasteiger partial charge in [0.1, 0.15) is 0 Å². The number of nitrogens with zero attached hydrogens (tertiary/aromatic N) is 2. The molecular formula is C14H25N3O. The first-order chi connectivity index (χ1) is 8.54. The Morgan fingerprint density at radius 1 is 1.50 bits per heavy atom. The van der Waals surface area contributed by atoms with Gasteiger partial charge in [0.2, 0.25) is 0 Å². The molecule has 1 saturated carbocycles. The Balaban J connectivity index is 1.97. The van der Waals surface area contributed by atoms with Crippen LogP contribution in [-0.4, -0.2) is 27.0 Å². The van der Waals surface area contributed by atoms with E-state index in [0.29, 0.717) is 0 Å². The van der Waals surface area contributed by atoms with Crippen LogP contribution in [0.1, 0.15) is 44.0 Å². The van der Waals surface area contributed by atoms with E-state index in [4.69, 9.17) is 0 Å². The van der Waals surface area contributed by atoms with Gasteiger partial charge in [-0.1, -0.05) is 6.92 Å². The van der Waals surface area contributed by atoms with E-state index in [9.17, 15) is 5.11 Å². The minimum atomic E-state index is -0.0787. The Labute approximate surface area is 109 Å². The van der Waals surface area contributed by atoms with Crippen molar-refractivity contribution in [2.75, 3.05) is 6.61 Å². The highest BCUT2D eigenvalue weighted by atomic mass is 16.3. The Morgan fingerprint density at radius 3 is 2.67 bits per heavy atom. The summed E-state index contributed by atoms with van der Waals surface area (Å²) in [6, 6.07) is 2.10. The van der Waals surface area contributed by atoms with Crippen molar-refractivity contribution in [3.05, 3.63) is 17.5 Å². The van der Waals surface area contributed by atoms with Crippen molar-refractivity contribution < 1.29 is 5.11 Å². The summed E-state index contributed by atoms with van der Waals surface area (Å²) in [6.45, 7) is 5.32. The zero-order valence-electron chi connectivity index (χ0n) is 11.7. The molecule has 1 fully saturated rings. The lowest BCUT2D eigenvalue weighted by molar-refractivity contribution is 0.103. The Morgan fingerprint density at radius 2 is 2.17 bits per heavy atom. The maximum absolute atomic E-state index is 9.70. The molecule has 0 spiro atoms. The second-order valence-electron chi connectivity index (χ2n) is 5.88. The van der Waals surface area contributed by atoms with Crippen molar-refractivity contribution in [3.8, 4) is 0 Å². The van der Waals surface area contributed by atoms with Crippen LogP contribution in [0, 0.1) is 12.8 Å². The Bertz CT molecular complexity index is 392. The number of aliphatic hydroxyl groups excluding tert-OH is 1. The highest BCUT2D eigenvalue weighted by Gasteiger charge is 2.33. The van der Waals surface area contributed by atoms with E-state index in [-0.39, 0.29) is 12.1 Å². The van der Waals surface area contributed by atoms with Gasteiger partial charge in [0.15, 0.2) is 0 Å². The van der Waals surface area contributed by atoms with Gasteiger partial charge in [-0.2, -0.15) is 5.10 Å². The minimum Gasteiger partial charge on any atom is -0.394 e. The van der Waals surface area contributed by atoms with Crippen LogP contribution in [0.25, 0.3) is 0 Å². The zero-order valence-corrected chi connectivity index (χ0v) is 11.7. The zero-order chi connectivity index (χ0) is 13.2. The molecule has 4 heteroatoms. The molecule has 1 aromatic heterocycles. The lowest BCUT2D eigenvalue weighted by Crippen LogP contribution is -2.50. The van der Waals surface area contributed by atoms with E-state index >= 15 is 0 Å². The molecule has 0 aliphatic heterocycles. The highest BCUT2D eigenvalue weighted by Crippen LogP contribution is 2.31. The lowest BCUT2D eigenvalue weighted by atomic mass is 9.77. The third kappa shape index (κ3) is 2.93. The van der Waals surface area contributed by atoms with E-state index in [1.807, 2.05) is 18.7 Å². The SMILES string of the molecule is Cc1cc(CNC2(CO)CCC(C)CC2)n(C)n1. The number of aromatic nitrogens is 2. The number of hydrogen-bond acceptors (Lipinski definition) is 3. The van der Waals surface area contributed by atoms with Crippen LogP contribution in [-0.2, 0) is 13.6 Å². The third-order valence-corrected chi connectivity index (χ3v) is 4.28. The summed E-state index contributed by atoms with van der Waals surface area (Å²) in [4.78, 5) is 0. The summed E-state index contributed by atoms with van der Waals surface area (Å²) in [5, 5.41) is 17.6. The van der Waals surface area contributed by atoms with Crippen LogP contribution >= 0.6 is 0 Å². The first-order valence-corrected chi connectivity index (χ1v) is 6.90. The molecule has 1 aliphatic rings. The van der Waals surface area contributed by atoms with Crippen LogP contribution in [0.3, 0.4) is 0 Å². The van der Waals surface area contributed by atoms with Gasteiger partial charge in [-0.05, 0) is 44.6 Å². The molecule has 18 heavy (non-hydrogen) atoms. The molecule has 0 unspecified atom stereocenters. The van der Waals surface area contributed by atoms with Crippen LogP contribution in [0.4, 0.5) is 0 Å². The molecule has 1 aliphatic carbocycles. The summed E-state index contributed by atoms with van der Waals surface area (Å²) < 4.78 is 1.92. The van der Waals surface area contributed by atoms with Crippen LogP contribution in [0.2, 0.25) is 0 Å². The van der Waals surface area contributed by atoms with Crippen LogP contribution in [0.15, 0.2) is 6.07 Å². The van der Waals surface area contributed by atoms with Crippen molar-refractivity contribution in [3.63, 3.8) is 0 Å². The van der Waals surface area contributed by atoms with Crippen molar-refractivity contribution in [2.45, 2.75) is 51.6 Å². The summed E-state index contributed by atoms with van der Waals surface area (Å²) >= 11 is 0. The number of aliphatic hydroxyl groups is 1. The topological polar surface area (TPSA) is 50.1 Å². The van der Waals surface area contributed by atoms with Gasteiger partial charge >= 0.3 is 0 Å². The number of rotatable bonds is 4. The first-order valence-electron chi connectivity index (χ1n) is 6.90. The molecule has 0 amide bonds. The number of aryl methyl sites for hydroxylation is 2. The van der Waals surface area contributed by atoms with Crippen molar-refractivity contribution >= 4 is 0 Å². The Kier molecular flexibility index (Phi) is 4.07. The number of nitrogens with one attached hydrogen (secondary N) is 1. The van der Waals surface area contributed by atoms with Gasteiger partial charge in [0, 0.05) is 19.1 Å². The second-order valence-corrected chi connectivity index (χ2v) is 5.88. The number of hydrogen-bond donors (Lipinski definition) is 2. The van der Waals surface area contributed by atoms with Gasteiger partial charge in [0.25, 0.3) is 0 Å². The monoisotopic (exact) mass is 251 g/mol. The first kappa shape index (κ1) is 13.6. The summed E-state index contributed by atoms with van der Waals surface area (Å²) in [5.41, 5.74) is 2.15. The third-order valence-electron chi connectivity index (χ3n) is 4.28. The van der Waals surface area contributed by atoms with E-state index in [1.165, 1.54) is 18.5 Å². The predicted octanol–water partition coefficient (Wildman–Crippen LogP) is 1.76. The fourth-order valence-electron chi connectivity index (χ4n) is 2.81. The quantitative estimate of drug-likeness (QED) is 0.857. The predicted molar refractivity (Wildman–Crippen MR) is 72.2 cm³/mol. The van der Waals surface area contributed by atoms with Crippen molar-refractivity contribution in [2.24, 2.45) is 13.0 Å².